The Morgan fingerprint density at radius 2 is 2.15 bits per heavy atom. The maximum atomic E-state index is 12.4. The summed E-state index contributed by atoms with van der Waals surface area (Å²) in [5.74, 6) is 0. The fourth-order valence-corrected chi connectivity index (χ4v) is 4.35. The highest BCUT2D eigenvalue weighted by atomic mass is 35.5. The van der Waals surface area contributed by atoms with E-state index in [1.54, 1.807) is 11.6 Å². The number of pyridine rings is 1. The molecule has 3 aromatic heterocycles. The lowest BCUT2D eigenvalue weighted by atomic mass is 10.4. The summed E-state index contributed by atoms with van der Waals surface area (Å²) >= 11 is 13.1. The normalized spacial score (nSPS) is 11.9. The number of nitrogens with one attached hydrogen (secondary N) is 1. The molecule has 0 aliphatic carbocycles. The molecule has 0 radical (unpaired) electrons. The van der Waals surface area contributed by atoms with Crippen LogP contribution in [0.1, 0.15) is 0 Å². The largest absolute Gasteiger partial charge is 0.281 e. The van der Waals surface area contributed by atoms with Crippen LogP contribution in [0.25, 0.3) is 4.96 Å². The third-order valence-electron chi connectivity index (χ3n) is 2.45. The monoisotopic (exact) mass is 348 g/mol. The molecule has 6 nitrogen and oxygen atoms in total. The van der Waals surface area contributed by atoms with E-state index in [0.29, 0.717) is 4.96 Å². The minimum absolute atomic E-state index is 0.0932. The van der Waals surface area contributed by atoms with Gasteiger partial charge >= 0.3 is 0 Å². The van der Waals surface area contributed by atoms with Gasteiger partial charge in [0.05, 0.1) is 16.9 Å². The van der Waals surface area contributed by atoms with Gasteiger partial charge < -0.3 is 0 Å². The second-order valence-corrected chi connectivity index (χ2v) is 6.96. The fourth-order valence-electron chi connectivity index (χ4n) is 1.62. The van der Waals surface area contributed by atoms with Crippen molar-refractivity contribution in [3.8, 4) is 0 Å². The summed E-state index contributed by atoms with van der Waals surface area (Å²) < 4.78 is 28.6. The van der Waals surface area contributed by atoms with Crippen molar-refractivity contribution < 1.29 is 8.42 Å². The highest BCUT2D eigenvalue weighted by Gasteiger charge is 2.25. The first-order chi connectivity index (χ1) is 9.49. The van der Waals surface area contributed by atoms with E-state index in [9.17, 15) is 8.42 Å². The molecule has 3 heterocycles. The van der Waals surface area contributed by atoms with Gasteiger partial charge in [0.2, 0.25) is 0 Å². The summed E-state index contributed by atoms with van der Waals surface area (Å²) in [4.78, 5) is 8.30. The van der Waals surface area contributed by atoms with Gasteiger partial charge in [-0.25, -0.2) is 4.98 Å². The van der Waals surface area contributed by atoms with Crippen LogP contribution < -0.4 is 4.72 Å². The number of nitrogens with zero attached hydrogens (tertiary/aromatic N) is 3. The van der Waals surface area contributed by atoms with Crippen LogP contribution >= 0.6 is 34.5 Å². The number of rotatable bonds is 3. The molecule has 0 aliphatic heterocycles. The Hall–Kier alpha value is -1.35. The fraction of sp³-hybridized carbons (Fsp3) is 0. The van der Waals surface area contributed by atoms with Crippen molar-refractivity contribution in [2.24, 2.45) is 0 Å². The van der Waals surface area contributed by atoms with Crippen molar-refractivity contribution >= 4 is 55.2 Å². The molecule has 1 N–H and O–H groups in total. The van der Waals surface area contributed by atoms with Crippen molar-refractivity contribution in [1.29, 1.82) is 0 Å². The topological polar surface area (TPSA) is 76.4 Å². The summed E-state index contributed by atoms with van der Waals surface area (Å²) in [5, 5.41) is 1.74. The van der Waals surface area contributed by atoms with Crippen molar-refractivity contribution in [1.82, 2.24) is 14.4 Å². The SMILES string of the molecule is O=S(=O)(Nc1cnccc1Cl)c1c(Cl)nc2sccn12. The lowest BCUT2D eigenvalue weighted by Crippen LogP contribution is -2.15. The highest BCUT2D eigenvalue weighted by molar-refractivity contribution is 7.92. The molecule has 104 valence electrons. The molecule has 10 heteroatoms. The molecule has 0 aliphatic rings. The number of anilines is 1. The van der Waals surface area contributed by atoms with Gasteiger partial charge in [0.15, 0.2) is 15.1 Å². The number of hydrogen-bond acceptors (Lipinski definition) is 5. The van der Waals surface area contributed by atoms with Crippen LogP contribution in [0.2, 0.25) is 10.2 Å². The highest BCUT2D eigenvalue weighted by Crippen LogP contribution is 2.28. The Morgan fingerprint density at radius 3 is 2.90 bits per heavy atom. The molecular weight excluding hydrogens is 343 g/mol. The van der Waals surface area contributed by atoms with Crippen LogP contribution in [0.3, 0.4) is 0 Å². The molecule has 3 rings (SSSR count). The zero-order valence-electron chi connectivity index (χ0n) is 9.62. The molecule has 0 amide bonds. The van der Waals surface area contributed by atoms with E-state index in [1.807, 2.05) is 0 Å². The molecule has 0 unspecified atom stereocenters. The Balaban J connectivity index is 2.11. The molecular formula is C10H6Cl2N4O2S2. The van der Waals surface area contributed by atoms with Gasteiger partial charge in [-0.1, -0.05) is 23.2 Å². The number of halogens is 2. The van der Waals surface area contributed by atoms with Crippen molar-refractivity contribution in [3.05, 3.63) is 40.2 Å². The molecule has 0 spiro atoms. The van der Waals surface area contributed by atoms with Gasteiger partial charge in [-0.15, -0.1) is 11.3 Å². The van der Waals surface area contributed by atoms with Gasteiger partial charge in [-0.3, -0.25) is 14.1 Å². The molecule has 0 bridgehead atoms. The maximum Gasteiger partial charge on any atom is 0.281 e. The molecule has 0 atom stereocenters. The van der Waals surface area contributed by atoms with Gasteiger partial charge in [-0.05, 0) is 6.07 Å². The van der Waals surface area contributed by atoms with Crippen LogP contribution in [0.5, 0.6) is 0 Å². The lowest BCUT2D eigenvalue weighted by molar-refractivity contribution is 0.596. The quantitative estimate of drug-likeness (QED) is 0.789. The average molecular weight is 349 g/mol. The summed E-state index contributed by atoms with van der Waals surface area (Å²) in [7, 11) is -3.92. The van der Waals surface area contributed by atoms with E-state index in [1.165, 1.54) is 34.2 Å². The third-order valence-corrected chi connectivity index (χ3v) is 5.29. The van der Waals surface area contributed by atoms with Crippen LogP contribution in [-0.2, 0) is 10.0 Å². The minimum atomic E-state index is -3.92. The van der Waals surface area contributed by atoms with E-state index in [-0.39, 0.29) is 20.9 Å². The summed E-state index contributed by atoms with van der Waals surface area (Å²) in [5.41, 5.74) is 0.176. The van der Waals surface area contributed by atoms with Crippen molar-refractivity contribution in [2.45, 2.75) is 5.03 Å². The standard InChI is InChI=1S/C10H6Cl2N4O2S2/c11-6-1-2-13-5-7(6)15-20(17,18)9-8(12)14-10-16(9)3-4-19-10/h1-5,15H. The van der Waals surface area contributed by atoms with Gasteiger partial charge in [0, 0.05) is 17.8 Å². The first kappa shape index (κ1) is 13.6. The zero-order chi connectivity index (χ0) is 14.3. The van der Waals surface area contributed by atoms with Gasteiger partial charge in [0.1, 0.15) is 0 Å². The molecule has 0 saturated carbocycles. The van der Waals surface area contributed by atoms with Crippen molar-refractivity contribution in [3.63, 3.8) is 0 Å². The second-order valence-electron chi connectivity index (χ2n) is 3.72. The summed E-state index contributed by atoms with van der Waals surface area (Å²) in [6.45, 7) is 0. The van der Waals surface area contributed by atoms with Crippen LogP contribution in [-0.4, -0.2) is 22.8 Å². The first-order valence-corrected chi connectivity index (χ1v) is 8.34. The van der Waals surface area contributed by atoms with Gasteiger partial charge in [-0.2, -0.15) is 8.42 Å². The Kier molecular flexibility index (Phi) is 3.33. The first-order valence-electron chi connectivity index (χ1n) is 5.22. The Morgan fingerprint density at radius 1 is 1.35 bits per heavy atom. The Bertz CT molecular complexity index is 888. The smallest absolute Gasteiger partial charge is 0.278 e. The number of hydrogen-bond donors (Lipinski definition) is 1. The third kappa shape index (κ3) is 2.24. The zero-order valence-corrected chi connectivity index (χ0v) is 12.8. The van der Waals surface area contributed by atoms with Crippen LogP contribution in [0.4, 0.5) is 5.69 Å². The predicted molar refractivity (Wildman–Crippen MR) is 78.1 cm³/mol. The van der Waals surface area contributed by atoms with Crippen molar-refractivity contribution in [2.75, 3.05) is 4.72 Å². The number of imidazole rings is 1. The lowest BCUT2D eigenvalue weighted by Gasteiger charge is -2.08. The van der Waals surface area contributed by atoms with E-state index in [4.69, 9.17) is 23.2 Å². The minimum Gasteiger partial charge on any atom is -0.278 e. The van der Waals surface area contributed by atoms with E-state index >= 15 is 0 Å². The average Bonchev–Trinajstić information content (AvgIpc) is 2.91. The Labute approximate surface area is 128 Å². The second kappa shape index (κ2) is 4.88. The molecule has 0 fully saturated rings. The maximum absolute atomic E-state index is 12.4. The summed E-state index contributed by atoms with van der Waals surface area (Å²) in [6.07, 6.45) is 4.36. The van der Waals surface area contributed by atoms with E-state index in [0.717, 1.165) is 0 Å². The predicted octanol–water partition coefficient (Wildman–Crippen LogP) is 2.90. The van der Waals surface area contributed by atoms with E-state index in [2.05, 4.69) is 14.7 Å². The molecule has 0 saturated heterocycles. The van der Waals surface area contributed by atoms with Crippen LogP contribution in [0.15, 0.2) is 35.1 Å². The molecule has 0 aromatic carbocycles. The van der Waals surface area contributed by atoms with E-state index < -0.39 is 10.0 Å². The molecule has 3 aromatic rings. The molecule has 20 heavy (non-hydrogen) atoms. The number of sulfonamides is 1. The number of aromatic nitrogens is 3. The summed E-state index contributed by atoms with van der Waals surface area (Å²) in [6, 6.07) is 1.48. The van der Waals surface area contributed by atoms with Crippen LogP contribution in [0, 0.1) is 0 Å². The number of thiazole rings is 1. The number of fused-ring (bicyclic) bond motifs is 1. The van der Waals surface area contributed by atoms with Gasteiger partial charge in [0.25, 0.3) is 10.0 Å².